The Morgan fingerprint density at radius 2 is 1.94 bits per heavy atom. The second-order valence-corrected chi connectivity index (χ2v) is 5.65. The summed E-state index contributed by atoms with van der Waals surface area (Å²) in [5, 5.41) is 0. The van der Waals surface area contributed by atoms with E-state index in [2.05, 4.69) is 15.9 Å². The molecule has 1 rings (SSSR count). The molecule has 0 heterocycles. The van der Waals surface area contributed by atoms with Gasteiger partial charge in [-0.25, -0.2) is 0 Å². The number of alkyl halides is 3. The standard InChI is InChI=1S/C11H13BrF3NS/c12-10-4-2-1-3-8(10)7-9(16)5-6-17-11(13,14)15/h1-4,9H,5-7,16H2. The zero-order valence-corrected chi connectivity index (χ0v) is 11.4. The minimum atomic E-state index is -4.16. The third-order valence-electron chi connectivity index (χ3n) is 2.19. The molecule has 17 heavy (non-hydrogen) atoms. The molecule has 1 unspecified atom stereocenters. The van der Waals surface area contributed by atoms with Gasteiger partial charge in [0.2, 0.25) is 0 Å². The summed E-state index contributed by atoms with van der Waals surface area (Å²) in [7, 11) is 0. The van der Waals surface area contributed by atoms with Crippen molar-refractivity contribution in [2.24, 2.45) is 5.73 Å². The molecule has 6 heteroatoms. The second kappa shape index (κ2) is 6.66. The third kappa shape index (κ3) is 6.33. The molecule has 0 aliphatic heterocycles. The Bertz CT molecular complexity index is 357. The highest BCUT2D eigenvalue weighted by Gasteiger charge is 2.27. The first-order chi connectivity index (χ1) is 7.88. The minimum absolute atomic E-state index is 0.00905. The molecule has 1 atom stereocenters. The number of hydrogen-bond acceptors (Lipinski definition) is 2. The molecule has 1 aromatic carbocycles. The maximum atomic E-state index is 11.9. The van der Waals surface area contributed by atoms with E-state index in [-0.39, 0.29) is 23.6 Å². The van der Waals surface area contributed by atoms with Crippen molar-refractivity contribution in [1.82, 2.24) is 0 Å². The van der Waals surface area contributed by atoms with E-state index in [0.717, 1.165) is 10.0 Å². The topological polar surface area (TPSA) is 26.0 Å². The van der Waals surface area contributed by atoms with Gasteiger partial charge in [0.1, 0.15) is 0 Å². The van der Waals surface area contributed by atoms with Crippen LogP contribution in [-0.4, -0.2) is 17.3 Å². The molecule has 0 spiro atoms. The van der Waals surface area contributed by atoms with Gasteiger partial charge in [-0.05, 0) is 24.5 Å². The van der Waals surface area contributed by atoms with Gasteiger partial charge in [0.25, 0.3) is 0 Å². The Labute approximate surface area is 111 Å². The summed E-state index contributed by atoms with van der Waals surface area (Å²) in [5.41, 5.74) is 2.67. The molecule has 0 aliphatic carbocycles. The third-order valence-corrected chi connectivity index (χ3v) is 3.74. The molecule has 96 valence electrons. The van der Waals surface area contributed by atoms with Gasteiger partial charge in [-0.15, -0.1) is 0 Å². The van der Waals surface area contributed by atoms with E-state index in [9.17, 15) is 13.2 Å². The minimum Gasteiger partial charge on any atom is -0.327 e. The van der Waals surface area contributed by atoms with E-state index in [1.165, 1.54) is 0 Å². The van der Waals surface area contributed by atoms with Crippen LogP contribution in [0.4, 0.5) is 13.2 Å². The van der Waals surface area contributed by atoms with Crippen LogP contribution < -0.4 is 5.73 Å². The predicted octanol–water partition coefficient (Wildman–Crippen LogP) is 3.96. The van der Waals surface area contributed by atoms with Crippen LogP contribution in [-0.2, 0) is 6.42 Å². The predicted molar refractivity (Wildman–Crippen MR) is 69.0 cm³/mol. The van der Waals surface area contributed by atoms with E-state index in [1.54, 1.807) is 0 Å². The van der Waals surface area contributed by atoms with Crippen LogP contribution in [0, 0.1) is 0 Å². The van der Waals surface area contributed by atoms with Gasteiger partial charge in [0.15, 0.2) is 0 Å². The number of hydrogen-bond donors (Lipinski definition) is 1. The second-order valence-electron chi connectivity index (χ2n) is 3.64. The highest BCUT2D eigenvalue weighted by atomic mass is 79.9. The Morgan fingerprint density at radius 3 is 2.53 bits per heavy atom. The highest BCUT2D eigenvalue weighted by molar-refractivity contribution is 9.10. The summed E-state index contributed by atoms with van der Waals surface area (Å²) in [6.07, 6.45) is 0.936. The SMILES string of the molecule is NC(CCSC(F)(F)F)Cc1ccccc1Br. The summed E-state index contributed by atoms with van der Waals surface area (Å²) in [6, 6.07) is 7.34. The number of benzene rings is 1. The van der Waals surface area contributed by atoms with E-state index in [4.69, 9.17) is 5.73 Å². The molecule has 1 aromatic rings. The van der Waals surface area contributed by atoms with Crippen LogP contribution in [0.3, 0.4) is 0 Å². The van der Waals surface area contributed by atoms with Crippen molar-refractivity contribution in [2.75, 3.05) is 5.75 Å². The van der Waals surface area contributed by atoms with Crippen molar-refractivity contribution in [1.29, 1.82) is 0 Å². The van der Waals surface area contributed by atoms with Crippen LogP contribution in [0.2, 0.25) is 0 Å². The van der Waals surface area contributed by atoms with Crippen LogP contribution in [0.25, 0.3) is 0 Å². The lowest BCUT2D eigenvalue weighted by Crippen LogP contribution is -2.24. The molecule has 0 bridgehead atoms. The normalized spacial score (nSPS) is 13.7. The van der Waals surface area contributed by atoms with E-state index < -0.39 is 5.51 Å². The maximum Gasteiger partial charge on any atom is 0.441 e. The molecule has 2 N–H and O–H groups in total. The summed E-state index contributed by atoms with van der Waals surface area (Å²) in [4.78, 5) is 0. The summed E-state index contributed by atoms with van der Waals surface area (Å²) >= 11 is 3.37. The monoisotopic (exact) mass is 327 g/mol. The average Bonchev–Trinajstić information content (AvgIpc) is 2.19. The summed E-state index contributed by atoms with van der Waals surface area (Å²) < 4.78 is 36.7. The van der Waals surface area contributed by atoms with Gasteiger partial charge in [0, 0.05) is 16.3 Å². The average molecular weight is 328 g/mol. The van der Waals surface area contributed by atoms with E-state index >= 15 is 0 Å². The number of nitrogens with two attached hydrogens (primary N) is 1. The lowest BCUT2D eigenvalue weighted by Gasteiger charge is -2.13. The first kappa shape index (κ1) is 14.9. The molecular formula is C11H13BrF3NS. The fourth-order valence-electron chi connectivity index (χ4n) is 1.37. The molecule has 1 nitrogen and oxygen atoms in total. The van der Waals surface area contributed by atoms with E-state index in [1.807, 2.05) is 24.3 Å². The highest BCUT2D eigenvalue weighted by Crippen LogP contribution is 2.30. The molecule has 0 saturated heterocycles. The molecule has 0 amide bonds. The van der Waals surface area contributed by atoms with Crippen molar-refractivity contribution in [2.45, 2.75) is 24.4 Å². The Morgan fingerprint density at radius 1 is 1.29 bits per heavy atom. The van der Waals surface area contributed by atoms with Crippen LogP contribution in [0.15, 0.2) is 28.7 Å². The van der Waals surface area contributed by atoms with Crippen molar-refractivity contribution in [3.63, 3.8) is 0 Å². The van der Waals surface area contributed by atoms with Gasteiger partial charge in [-0.2, -0.15) is 13.2 Å². The Balaban J connectivity index is 2.35. The maximum absolute atomic E-state index is 11.9. The smallest absolute Gasteiger partial charge is 0.327 e. The van der Waals surface area contributed by atoms with Crippen LogP contribution in [0.1, 0.15) is 12.0 Å². The van der Waals surface area contributed by atoms with Gasteiger partial charge >= 0.3 is 5.51 Å². The Kier molecular flexibility index (Phi) is 5.82. The van der Waals surface area contributed by atoms with Crippen molar-refractivity contribution in [3.8, 4) is 0 Å². The quantitative estimate of drug-likeness (QED) is 0.885. The van der Waals surface area contributed by atoms with Gasteiger partial charge in [-0.1, -0.05) is 45.9 Å². The van der Waals surface area contributed by atoms with Crippen molar-refractivity contribution < 1.29 is 13.2 Å². The lowest BCUT2D eigenvalue weighted by molar-refractivity contribution is -0.0328. The van der Waals surface area contributed by atoms with Crippen LogP contribution in [0.5, 0.6) is 0 Å². The van der Waals surface area contributed by atoms with Crippen molar-refractivity contribution >= 4 is 27.7 Å². The summed E-state index contributed by atoms with van der Waals surface area (Å²) in [5.74, 6) is 0.00905. The van der Waals surface area contributed by atoms with Crippen LogP contribution >= 0.6 is 27.7 Å². The fraction of sp³-hybridized carbons (Fsp3) is 0.455. The number of halogens is 4. The zero-order valence-electron chi connectivity index (χ0n) is 9.01. The molecule has 0 saturated carbocycles. The lowest BCUT2D eigenvalue weighted by atomic mass is 10.1. The first-order valence-corrected chi connectivity index (χ1v) is 6.86. The molecule has 0 aromatic heterocycles. The number of thioether (sulfide) groups is 1. The largest absolute Gasteiger partial charge is 0.441 e. The number of rotatable bonds is 5. The first-order valence-electron chi connectivity index (χ1n) is 5.08. The molecule has 0 fully saturated rings. The fourth-order valence-corrected chi connectivity index (χ4v) is 2.47. The van der Waals surface area contributed by atoms with E-state index in [0.29, 0.717) is 12.8 Å². The zero-order chi connectivity index (χ0) is 12.9. The molecule has 0 aliphatic rings. The van der Waals surface area contributed by atoms with Gasteiger partial charge in [-0.3, -0.25) is 0 Å². The molecular weight excluding hydrogens is 315 g/mol. The summed E-state index contributed by atoms with van der Waals surface area (Å²) in [6.45, 7) is 0. The van der Waals surface area contributed by atoms with Gasteiger partial charge < -0.3 is 5.73 Å². The molecule has 0 radical (unpaired) electrons. The van der Waals surface area contributed by atoms with Gasteiger partial charge in [0.05, 0.1) is 0 Å². The van der Waals surface area contributed by atoms with Crippen molar-refractivity contribution in [3.05, 3.63) is 34.3 Å². The Hall–Kier alpha value is -0.200.